The molecule has 0 unspecified atom stereocenters. The first kappa shape index (κ1) is 12.5. The van der Waals surface area contributed by atoms with Gasteiger partial charge in [-0.1, -0.05) is 40.5 Å². The van der Waals surface area contributed by atoms with E-state index in [1.165, 1.54) is 31.2 Å². The number of rotatable bonds is 1. The lowest BCUT2D eigenvalue weighted by Gasteiger charge is -2.16. The molecule has 2 nitrogen and oxygen atoms in total. The molecular weight excluding hydrogens is 308 g/mol. The zero-order valence-electron chi connectivity index (χ0n) is 10.5. The second-order valence-corrected chi connectivity index (χ2v) is 7.04. The summed E-state index contributed by atoms with van der Waals surface area (Å²) in [5.74, 6) is 1.16. The summed E-state index contributed by atoms with van der Waals surface area (Å²) in [4.78, 5) is 4.92. The number of aliphatic imine (C=N–C) groups is 1. The van der Waals surface area contributed by atoms with Crippen LogP contribution < -0.4 is 5.32 Å². The van der Waals surface area contributed by atoms with Gasteiger partial charge in [-0.3, -0.25) is 4.99 Å². The van der Waals surface area contributed by atoms with Crippen molar-refractivity contribution in [2.75, 3.05) is 11.1 Å². The summed E-state index contributed by atoms with van der Waals surface area (Å²) in [7, 11) is 0. The van der Waals surface area contributed by atoms with Crippen molar-refractivity contribution >= 4 is 38.5 Å². The molecule has 2 aliphatic rings. The van der Waals surface area contributed by atoms with Gasteiger partial charge < -0.3 is 5.32 Å². The van der Waals surface area contributed by atoms with E-state index in [2.05, 4.69) is 46.4 Å². The monoisotopic (exact) mass is 324 g/mol. The lowest BCUT2D eigenvalue weighted by Crippen LogP contribution is -2.21. The first-order chi connectivity index (χ1) is 8.67. The summed E-state index contributed by atoms with van der Waals surface area (Å²) in [6.07, 6.45) is 5.22. The predicted molar refractivity (Wildman–Crippen MR) is 83.6 cm³/mol. The van der Waals surface area contributed by atoms with Crippen LogP contribution >= 0.6 is 27.7 Å². The molecule has 0 aromatic heterocycles. The molecule has 0 saturated heterocycles. The zero-order valence-corrected chi connectivity index (χ0v) is 12.9. The van der Waals surface area contributed by atoms with E-state index >= 15 is 0 Å². The topological polar surface area (TPSA) is 24.4 Å². The van der Waals surface area contributed by atoms with Crippen LogP contribution in [0, 0.1) is 6.92 Å². The molecular formula is C14H17BrN2S. The molecule has 0 atom stereocenters. The number of thioether (sulfide) groups is 1. The molecule has 96 valence electrons. The normalized spacial score (nSPS) is 21.3. The Hall–Kier alpha value is -0.480. The Kier molecular flexibility index (Phi) is 3.41. The van der Waals surface area contributed by atoms with Crippen molar-refractivity contribution in [2.45, 2.75) is 38.1 Å². The molecule has 4 heteroatoms. The van der Waals surface area contributed by atoms with E-state index in [1.807, 2.05) is 11.8 Å². The Bertz CT molecular complexity index is 493. The molecule has 1 aromatic rings. The van der Waals surface area contributed by atoms with Crippen LogP contribution in [0.3, 0.4) is 0 Å². The minimum Gasteiger partial charge on any atom is -0.335 e. The number of amidine groups is 1. The second-order valence-electron chi connectivity index (χ2n) is 5.23. The molecule has 0 radical (unpaired) electrons. The van der Waals surface area contributed by atoms with Gasteiger partial charge in [0.15, 0.2) is 5.17 Å². The number of aryl methyl sites for hydroxylation is 1. The van der Waals surface area contributed by atoms with Crippen molar-refractivity contribution in [2.24, 2.45) is 4.99 Å². The van der Waals surface area contributed by atoms with Gasteiger partial charge in [-0.25, -0.2) is 0 Å². The maximum atomic E-state index is 4.92. The van der Waals surface area contributed by atoms with E-state index in [1.54, 1.807) is 0 Å². The van der Waals surface area contributed by atoms with E-state index in [0.29, 0.717) is 0 Å². The fourth-order valence-corrected chi connectivity index (χ4v) is 4.14. The molecule has 1 N–H and O–H groups in total. The van der Waals surface area contributed by atoms with Gasteiger partial charge >= 0.3 is 0 Å². The molecule has 1 aromatic carbocycles. The van der Waals surface area contributed by atoms with Gasteiger partial charge in [0, 0.05) is 15.9 Å². The van der Waals surface area contributed by atoms with Crippen LogP contribution in [0.25, 0.3) is 0 Å². The van der Waals surface area contributed by atoms with Crippen molar-refractivity contribution < 1.29 is 0 Å². The number of nitrogens with zero attached hydrogens (tertiary/aromatic N) is 1. The van der Waals surface area contributed by atoms with E-state index < -0.39 is 0 Å². The average molecular weight is 325 g/mol. The van der Waals surface area contributed by atoms with E-state index in [-0.39, 0.29) is 5.54 Å². The van der Waals surface area contributed by atoms with E-state index in [4.69, 9.17) is 4.99 Å². The summed E-state index contributed by atoms with van der Waals surface area (Å²) in [6, 6.07) is 6.34. The van der Waals surface area contributed by atoms with Crippen molar-refractivity contribution in [3.05, 3.63) is 28.2 Å². The molecule has 3 rings (SSSR count). The molecule has 1 heterocycles. The van der Waals surface area contributed by atoms with Crippen molar-refractivity contribution in [3.63, 3.8) is 0 Å². The highest BCUT2D eigenvalue weighted by molar-refractivity contribution is 9.10. The number of nitrogens with one attached hydrogen (secondary N) is 1. The summed E-state index contributed by atoms with van der Waals surface area (Å²) in [6.45, 7) is 2.11. The van der Waals surface area contributed by atoms with Crippen LogP contribution in [0.15, 0.2) is 27.7 Å². The third kappa shape index (κ3) is 2.45. The van der Waals surface area contributed by atoms with Crippen LogP contribution in [0.5, 0.6) is 0 Å². The number of anilines is 1. The van der Waals surface area contributed by atoms with Gasteiger partial charge in [0.05, 0.1) is 5.54 Å². The minimum absolute atomic E-state index is 0.261. The minimum atomic E-state index is 0.261. The van der Waals surface area contributed by atoms with E-state index in [0.717, 1.165) is 21.1 Å². The van der Waals surface area contributed by atoms with Crippen molar-refractivity contribution in [1.29, 1.82) is 0 Å². The van der Waals surface area contributed by atoms with Gasteiger partial charge in [-0.2, -0.15) is 0 Å². The highest BCUT2D eigenvalue weighted by atomic mass is 79.9. The number of benzene rings is 1. The molecule has 1 aliphatic heterocycles. The predicted octanol–water partition coefficient (Wildman–Crippen LogP) is 4.59. The first-order valence-electron chi connectivity index (χ1n) is 6.43. The van der Waals surface area contributed by atoms with Gasteiger partial charge in [-0.05, 0) is 43.5 Å². The standard InChI is InChI=1S/C14H17BrN2S/c1-10-8-11(4-5-12(10)15)16-13-17-14(9-18-13)6-2-3-7-14/h4-5,8H,2-3,6-7,9H2,1H3,(H,16,17). The third-order valence-corrected chi connectivity index (χ3v) is 5.80. The average Bonchev–Trinajstić information content (AvgIpc) is 2.96. The van der Waals surface area contributed by atoms with Crippen molar-refractivity contribution in [3.8, 4) is 0 Å². The van der Waals surface area contributed by atoms with Gasteiger partial charge in [0.2, 0.25) is 0 Å². The molecule has 1 spiro atoms. The zero-order chi connectivity index (χ0) is 12.6. The number of hydrogen-bond donors (Lipinski definition) is 1. The molecule has 1 fully saturated rings. The van der Waals surface area contributed by atoms with Crippen molar-refractivity contribution in [1.82, 2.24) is 0 Å². The van der Waals surface area contributed by atoms with E-state index in [9.17, 15) is 0 Å². The number of halogens is 1. The Morgan fingerprint density at radius 1 is 1.33 bits per heavy atom. The lowest BCUT2D eigenvalue weighted by molar-refractivity contribution is 0.508. The van der Waals surface area contributed by atoms with Crippen LogP contribution in [-0.2, 0) is 0 Å². The van der Waals surface area contributed by atoms with Crippen LogP contribution in [0.1, 0.15) is 31.2 Å². The second kappa shape index (κ2) is 4.89. The lowest BCUT2D eigenvalue weighted by atomic mass is 10.0. The maximum absolute atomic E-state index is 4.92. The van der Waals surface area contributed by atoms with Crippen LogP contribution in [0.4, 0.5) is 5.69 Å². The fourth-order valence-electron chi connectivity index (χ4n) is 2.68. The first-order valence-corrected chi connectivity index (χ1v) is 8.21. The Balaban J connectivity index is 1.75. The molecule has 1 aliphatic carbocycles. The summed E-state index contributed by atoms with van der Waals surface area (Å²) < 4.78 is 1.15. The van der Waals surface area contributed by atoms with Gasteiger partial charge in [0.25, 0.3) is 0 Å². The molecule has 1 saturated carbocycles. The van der Waals surface area contributed by atoms with Crippen LogP contribution in [-0.4, -0.2) is 16.5 Å². The summed E-state index contributed by atoms with van der Waals surface area (Å²) >= 11 is 5.40. The molecule has 18 heavy (non-hydrogen) atoms. The summed E-state index contributed by atoms with van der Waals surface area (Å²) in [5, 5.41) is 4.55. The fraction of sp³-hybridized carbons (Fsp3) is 0.500. The maximum Gasteiger partial charge on any atom is 0.161 e. The Morgan fingerprint density at radius 2 is 2.11 bits per heavy atom. The van der Waals surface area contributed by atoms with Gasteiger partial charge in [0.1, 0.15) is 0 Å². The number of hydrogen-bond acceptors (Lipinski definition) is 3. The Labute approximate surface area is 121 Å². The quantitative estimate of drug-likeness (QED) is 0.817. The Morgan fingerprint density at radius 3 is 2.83 bits per heavy atom. The van der Waals surface area contributed by atoms with Gasteiger partial charge in [-0.15, -0.1) is 0 Å². The highest BCUT2D eigenvalue weighted by Gasteiger charge is 2.38. The third-order valence-electron chi connectivity index (χ3n) is 3.76. The summed E-state index contributed by atoms with van der Waals surface area (Å²) in [5.41, 5.74) is 2.65. The smallest absolute Gasteiger partial charge is 0.161 e. The van der Waals surface area contributed by atoms with Crippen LogP contribution in [0.2, 0.25) is 0 Å². The molecule has 0 bridgehead atoms. The molecule has 0 amide bonds. The SMILES string of the molecule is Cc1cc(NC2=NC3(CCCC3)CS2)ccc1Br. The highest BCUT2D eigenvalue weighted by Crippen LogP contribution is 2.41. The largest absolute Gasteiger partial charge is 0.335 e.